The summed E-state index contributed by atoms with van der Waals surface area (Å²) in [7, 11) is 0. The first kappa shape index (κ1) is 11.6. The molecule has 4 nitrogen and oxygen atoms in total. The van der Waals surface area contributed by atoms with Crippen LogP contribution in [0.2, 0.25) is 0 Å². The van der Waals surface area contributed by atoms with E-state index in [1.54, 1.807) is 23.5 Å². The van der Waals surface area contributed by atoms with Gasteiger partial charge in [0.1, 0.15) is 5.69 Å². The molecule has 2 heterocycles. The van der Waals surface area contributed by atoms with E-state index in [9.17, 15) is 4.79 Å². The zero-order chi connectivity index (χ0) is 12.3. The highest BCUT2D eigenvalue weighted by Gasteiger charge is 2.12. The number of pyridine rings is 1. The molecular weight excluding hydrogens is 234 g/mol. The fraction of sp³-hybridized carbons (Fsp3) is 0.167. The van der Waals surface area contributed by atoms with Crippen LogP contribution in [0.25, 0.3) is 0 Å². The third kappa shape index (κ3) is 2.82. The summed E-state index contributed by atoms with van der Waals surface area (Å²) in [4.78, 5) is 16.9. The number of thiophene rings is 1. The van der Waals surface area contributed by atoms with Crippen LogP contribution in [0.3, 0.4) is 0 Å². The Hall–Kier alpha value is -1.88. The number of nitrogen functional groups attached to an aromatic ring is 1. The summed E-state index contributed by atoms with van der Waals surface area (Å²) in [5.74, 6) is -0.189. The van der Waals surface area contributed by atoms with Crippen molar-refractivity contribution in [1.29, 1.82) is 0 Å². The lowest BCUT2D eigenvalue weighted by Crippen LogP contribution is -2.26. The molecule has 2 rings (SSSR count). The van der Waals surface area contributed by atoms with E-state index < -0.39 is 0 Å². The van der Waals surface area contributed by atoms with Gasteiger partial charge in [0, 0.05) is 4.88 Å². The van der Waals surface area contributed by atoms with Crippen molar-refractivity contribution < 1.29 is 4.79 Å². The molecule has 0 spiro atoms. The first-order chi connectivity index (χ1) is 8.16. The molecule has 1 atom stereocenters. The van der Waals surface area contributed by atoms with E-state index >= 15 is 0 Å². The zero-order valence-corrected chi connectivity index (χ0v) is 10.2. The maximum Gasteiger partial charge on any atom is 0.270 e. The van der Waals surface area contributed by atoms with Gasteiger partial charge in [-0.1, -0.05) is 6.07 Å². The average Bonchev–Trinajstić information content (AvgIpc) is 2.83. The molecule has 0 aliphatic carbocycles. The lowest BCUT2D eigenvalue weighted by atomic mass is 10.2. The van der Waals surface area contributed by atoms with Crippen LogP contribution in [0.5, 0.6) is 0 Å². The second-order valence-electron chi connectivity index (χ2n) is 3.69. The van der Waals surface area contributed by atoms with E-state index in [1.807, 2.05) is 24.4 Å². The first-order valence-corrected chi connectivity index (χ1v) is 6.10. The van der Waals surface area contributed by atoms with Gasteiger partial charge in [-0.05, 0) is 30.5 Å². The van der Waals surface area contributed by atoms with E-state index in [1.165, 1.54) is 6.20 Å². The number of hydrogen-bond donors (Lipinski definition) is 2. The fourth-order valence-electron chi connectivity index (χ4n) is 1.42. The number of amides is 1. The molecular formula is C12H13N3OS. The molecule has 88 valence electrons. The number of nitrogens with one attached hydrogen (secondary N) is 1. The Labute approximate surface area is 103 Å². The van der Waals surface area contributed by atoms with Gasteiger partial charge in [-0.25, -0.2) is 4.98 Å². The molecule has 2 aromatic heterocycles. The molecule has 3 N–H and O–H groups in total. The van der Waals surface area contributed by atoms with Crippen LogP contribution in [0, 0.1) is 0 Å². The molecule has 0 fully saturated rings. The summed E-state index contributed by atoms with van der Waals surface area (Å²) in [5, 5.41) is 4.87. The van der Waals surface area contributed by atoms with Gasteiger partial charge in [0.25, 0.3) is 5.91 Å². The van der Waals surface area contributed by atoms with Crippen molar-refractivity contribution in [1.82, 2.24) is 10.3 Å². The fourth-order valence-corrected chi connectivity index (χ4v) is 2.15. The van der Waals surface area contributed by atoms with Gasteiger partial charge in [-0.3, -0.25) is 4.79 Å². The highest BCUT2D eigenvalue weighted by atomic mass is 32.1. The quantitative estimate of drug-likeness (QED) is 0.873. The van der Waals surface area contributed by atoms with Gasteiger partial charge in [0.2, 0.25) is 0 Å². The first-order valence-electron chi connectivity index (χ1n) is 5.22. The summed E-state index contributed by atoms with van der Waals surface area (Å²) in [5.41, 5.74) is 6.44. The minimum Gasteiger partial charge on any atom is -0.397 e. The Morgan fingerprint density at radius 3 is 2.88 bits per heavy atom. The maximum atomic E-state index is 11.9. The van der Waals surface area contributed by atoms with Crippen molar-refractivity contribution in [3.05, 3.63) is 46.4 Å². The minimum absolute atomic E-state index is 0.0122. The highest BCUT2D eigenvalue weighted by Crippen LogP contribution is 2.18. The molecule has 1 amide bonds. The number of rotatable bonds is 3. The van der Waals surface area contributed by atoms with E-state index in [-0.39, 0.29) is 11.9 Å². The lowest BCUT2D eigenvalue weighted by molar-refractivity contribution is 0.0935. The van der Waals surface area contributed by atoms with E-state index in [0.29, 0.717) is 11.4 Å². The summed E-state index contributed by atoms with van der Waals surface area (Å²) < 4.78 is 0. The largest absolute Gasteiger partial charge is 0.397 e. The van der Waals surface area contributed by atoms with E-state index in [2.05, 4.69) is 10.3 Å². The van der Waals surface area contributed by atoms with Crippen LogP contribution in [0.4, 0.5) is 5.69 Å². The Morgan fingerprint density at radius 2 is 2.29 bits per heavy atom. The second kappa shape index (κ2) is 4.97. The summed E-state index contributed by atoms with van der Waals surface area (Å²) in [6.07, 6.45) is 1.48. The van der Waals surface area contributed by atoms with Gasteiger partial charge in [-0.15, -0.1) is 11.3 Å². The highest BCUT2D eigenvalue weighted by molar-refractivity contribution is 7.10. The summed E-state index contributed by atoms with van der Waals surface area (Å²) in [6.45, 7) is 1.95. The topological polar surface area (TPSA) is 68.0 Å². The van der Waals surface area contributed by atoms with E-state index in [0.717, 1.165) is 4.88 Å². The van der Waals surface area contributed by atoms with Crippen molar-refractivity contribution in [3.63, 3.8) is 0 Å². The Kier molecular flexibility index (Phi) is 3.39. The van der Waals surface area contributed by atoms with Gasteiger partial charge in [-0.2, -0.15) is 0 Å². The molecule has 0 saturated heterocycles. The molecule has 0 aliphatic heterocycles. The number of carbonyl (C=O) groups excluding carboxylic acids is 1. The molecule has 0 bridgehead atoms. The van der Waals surface area contributed by atoms with Crippen LogP contribution in [-0.4, -0.2) is 10.9 Å². The number of nitrogens with zero attached hydrogens (tertiary/aromatic N) is 1. The maximum absolute atomic E-state index is 11.9. The average molecular weight is 247 g/mol. The molecule has 0 aromatic carbocycles. The molecule has 0 aliphatic rings. The normalized spacial score (nSPS) is 12.1. The molecule has 0 saturated carbocycles. The third-order valence-corrected chi connectivity index (χ3v) is 3.39. The van der Waals surface area contributed by atoms with Gasteiger partial charge >= 0.3 is 0 Å². The predicted molar refractivity (Wildman–Crippen MR) is 68.8 cm³/mol. The van der Waals surface area contributed by atoms with Gasteiger partial charge in [0.05, 0.1) is 17.9 Å². The molecule has 17 heavy (non-hydrogen) atoms. The van der Waals surface area contributed by atoms with Crippen LogP contribution in [0.1, 0.15) is 28.3 Å². The minimum atomic E-state index is -0.189. The lowest BCUT2D eigenvalue weighted by Gasteiger charge is -2.11. The third-order valence-electron chi connectivity index (χ3n) is 2.34. The molecule has 5 heteroatoms. The standard InChI is InChI=1S/C12H13N3OS/c1-8(11-3-2-6-17-11)15-12(16)10-5-4-9(13)7-14-10/h2-8H,13H2,1H3,(H,15,16)/t8-/m1/s1. The summed E-state index contributed by atoms with van der Waals surface area (Å²) in [6, 6.07) is 7.22. The second-order valence-corrected chi connectivity index (χ2v) is 4.67. The van der Waals surface area contributed by atoms with Crippen molar-refractivity contribution >= 4 is 22.9 Å². The number of anilines is 1. The predicted octanol–water partition coefficient (Wildman–Crippen LogP) is 2.22. The van der Waals surface area contributed by atoms with Crippen LogP contribution in [-0.2, 0) is 0 Å². The van der Waals surface area contributed by atoms with E-state index in [4.69, 9.17) is 5.73 Å². The smallest absolute Gasteiger partial charge is 0.270 e. The van der Waals surface area contributed by atoms with Crippen molar-refractivity contribution in [2.75, 3.05) is 5.73 Å². The van der Waals surface area contributed by atoms with Crippen molar-refractivity contribution in [3.8, 4) is 0 Å². The number of aromatic nitrogens is 1. The number of nitrogens with two attached hydrogens (primary N) is 1. The Morgan fingerprint density at radius 1 is 1.47 bits per heavy atom. The monoisotopic (exact) mass is 247 g/mol. The SMILES string of the molecule is C[C@@H](NC(=O)c1ccc(N)cn1)c1cccs1. The number of carbonyl (C=O) groups is 1. The molecule has 2 aromatic rings. The van der Waals surface area contributed by atoms with Crippen LogP contribution >= 0.6 is 11.3 Å². The van der Waals surface area contributed by atoms with Crippen LogP contribution < -0.4 is 11.1 Å². The van der Waals surface area contributed by atoms with Gasteiger partial charge < -0.3 is 11.1 Å². The van der Waals surface area contributed by atoms with Crippen molar-refractivity contribution in [2.45, 2.75) is 13.0 Å². The zero-order valence-electron chi connectivity index (χ0n) is 9.38. The Balaban J connectivity index is 2.04. The van der Waals surface area contributed by atoms with Gasteiger partial charge in [0.15, 0.2) is 0 Å². The molecule has 0 radical (unpaired) electrons. The van der Waals surface area contributed by atoms with Crippen molar-refractivity contribution in [2.24, 2.45) is 0 Å². The Bertz CT molecular complexity index is 493. The van der Waals surface area contributed by atoms with Crippen LogP contribution in [0.15, 0.2) is 35.8 Å². The summed E-state index contributed by atoms with van der Waals surface area (Å²) >= 11 is 1.62. The number of hydrogen-bond acceptors (Lipinski definition) is 4. The molecule has 0 unspecified atom stereocenters.